The number of rotatable bonds is 7. The Hall–Kier alpha value is -1.19. The molecule has 1 heterocycles. The predicted octanol–water partition coefficient (Wildman–Crippen LogP) is 3.13. The Balaban J connectivity index is 2.33. The lowest BCUT2D eigenvalue weighted by Gasteiger charge is -2.14. The molecule has 7 nitrogen and oxygen atoms in total. The highest BCUT2D eigenvalue weighted by Crippen LogP contribution is 2.36. The highest BCUT2D eigenvalue weighted by molar-refractivity contribution is 7.90. The smallest absolute Gasteiger partial charge is 0.250 e. The quantitative estimate of drug-likeness (QED) is 0.510. The van der Waals surface area contributed by atoms with Gasteiger partial charge in [-0.25, -0.2) is 13.4 Å². The summed E-state index contributed by atoms with van der Waals surface area (Å²) < 4.78 is 21.4. The summed E-state index contributed by atoms with van der Waals surface area (Å²) in [6, 6.07) is 6.16. The van der Waals surface area contributed by atoms with Gasteiger partial charge in [0.2, 0.25) is 9.74 Å². The fraction of sp³-hybridized carbons (Fsp3) is 0.438. The Labute approximate surface area is 174 Å². The number of halogens is 3. The van der Waals surface area contributed by atoms with Crippen molar-refractivity contribution >= 4 is 50.6 Å². The first-order valence-corrected chi connectivity index (χ1v) is 11.0. The SMILES string of the molecule is CN(C)CCCNc1nc(-c2ccc(S(C)(=O)=O)cc2)nc(C(Cl)(Cl)Cl)n1. The first-order valence-electron chi connectivity index (χ1n) is 7.99. The van der Waals surface area contributed by atoms with E-state index in [4.69, 9.17) is 34.8 Å². The van der Waals surface area contributed by atoms with Crippen molar-refractivity contribution in [3.8, 4) is 11.4 Å². The van der Waals surface area contributed by atoms with Crippen molar-refractivity contribution in [2.75, 3.05) is 38.8 Å². The monoisotopic (exact) mass is 451 g/mol. The number of sulfone groups is 1. The van der Waals surface area contributed by atoms with Crippen LogP contribution in [0.4, 0.5) is 5.95 Å². The minimum absolute atomic E-state index is 0.0141. The average molecular weight is 453 g/mol. The van der Waals surface area contributed by atoms with E-state index in [1.807, 2.05) is 14.1 Å². The molecule has 27 heavy (non-hydrogen) atoms. The standard InChI is InChI=1S/C16H20Cl3N5O2S/c1-24(2)10-4-9-20-15-22-13(21-14(23-15)16(17,18)19)11-5-7-12(8-6-11)27(3,25)26/h5-8H,4,9-10H2,1-3H3,(H,20,21,22,23). The van der Waals surface area contributed by atoms with E-state index < -0.39 is 13.6 Å². The normalized spacial score (nSPS) is 12.4. The topological polar surface area (TPSA) is 88.1 Å². The Morgan fingerprint density at radius 2 is 1.70 bits per heavy atom. The number of hydrogen-bond acceptors (Lipinski definition) is 7. The molecule has 0 spiro atoms. The average Bonchev–Trinajstić information content (AvgIpc) is 2.57. The zero-order chi connectivity index (χ0) is 20.2. The number of nitrogens with zero attached hydrogens (tertiary/aromatic N) is 4. The first-order chi connectivity index (χ1) is 12.5. The molecule has 148 valence electrons. The molecule has 0 amide bonds. The second kappa shape index (κ2) is 8.87. The number of anilines is 1. The van der Waals surface area contributed by atoms with Gasteiger partial charge in [0, 0.05) is 18.4 Å². The van der Waals surface area contributed by atoms with E-state index in [1.165, 1.54) is 12.1 Å². The van der Waals surface area contributed by atoms with Gasteiger partial charge in [0.05, 0.1) is 4.90 Å². The van der Waals surface area contributed by atoms with Gasteiger partial charge in [-0.05, 0) is 51.3 Å². The van der Waals surface area contributed by atoms with Crippen molar-refractivity contribution in [3.63, 3.8) is 0 Å². The van der Waals surface area contributed by atoms with Crippen LogP contribution in [0.25, 0.3) is 11.4 Å². The van der Waals surface area contributed by atoms with Gasteiger partial charge >= 0.3 is 0 Å². The van der Waals surface area contributed by atoms with Crippen LogP contribution in [0, 0.1) is 0 Å². The summed E-state index contributed by atoms with van der Waals surface area (Å²) in [6.07, 6.45) is 2.02. The van der Waals surface area contributed by atoms with Gasteiger partial charge in [-0.15, -0.1) is 0 Å². The number of hydrogen-bond donors (Lipinski definition) is 1. The lowest BCUT2D eigenvalue weighted by molar-refractivity contribution is 0.405. The Morgan fingerprint density at radius 3 is 2.22 bits per heavy atom. The fourth-order valence-corrected chi connectivity index (χ4v) is 3.04. The van der Waals surface area contributed by atoms with Crippen LogP contribution in [0.2, 0.25) is 0 Å². The summed E-state index contributed by atoms with van der Waals surface area (Å²) in [7, 11) is 0.680. The Kier molecular flexibility index (Phi) is 7.27. The van der Waals surface area contributed by atoms with Gasteiger partial charge in [0.1, 0.15) is 0 Å². The zero-order valence-electron chi connectivity index (χ0n) is 15.1. The summed E-state index contributed by atoms with van der Waals surface area (Å²) in [6.45, 7) is 1.53. The molecule has 0 fully saturated rings. The molecule has 1 N–H and O–H groups in total. The van der Waals surface area contributed by atoms with E-state index in [9.17, 15) is 8.42 Å². The van der Waals surface area contributed by atoms with Crippen LogP contribution in [-0.2, 0) is 13.6 Å². The maximum Gasteiger partial charge on any atom is 0.250 e. The molecular formula is C16H20Cl3N5O2S. The van der Waals surface area contributed by atoms with Crippen LogP contribution < -0.4 is 5.32 Å². The van der Waals surface area contributed by atoms with Crippen LogP contribution >= 0.6 is 34.8 Å². The molecule has 0 atom stereocenters. The molecule has 0 aliphatic rings. The third-order valence-corrected chi connectivity index (χ3v) is 5.13. The van der Waals surface area contributed by atoms with Gasteiger partial charge in [-0.2, -0.15) is 9.97 Å². The van der Waals surface area contributed by atoms with Crippen LogP contribution in [0.15, 0.2) is 29.2 Å². The lowest BCUT2D eigenvalue weighted by Crippen LogP contribution is -2.18. The van der Waals surface area contributed by atoms with E-state index in [1.54, 1.807) is 12.1 Å². The molecule has 0 aliphatic heterocycles. The Morgan fingerprint density at radius 1 is 1.07 bits per heavy atom. The third-order valence-electron chi connectivity index (χ3n) is 3.49. The van der Waals surface area contributed by atoms with Crippen LogP contribution in [0.1, 0.15) is 12.2 Å². The predicted molar refractivity (Wildman–Crippen MR) is 109 cm³/mol. The molecule has 0 aliphatic carbocycles. The summed E-state index contributed by atoms with van der Waals surface area (Å²) in [5.74, 6) is 0.550. The molecule has 11 heteroatoms. The maximum absolute atomic E-state index is 11.6. The number of alkyl halides is 3. The summed E-state index contributed by atoms with van der Waals surface area (Å²) in [4.78, 5) is 15.0. The molecule has 2 aromatic rings. The lowest BCUT2D eigenvalue weighted by atomic mass is 10.2. The van der Waals surface area contributed by atoms with Gasteiger partial charge in [-0.3, -0.25) is 0 Å². The van der Waals surface area contributed by atoms with Crippen LogP contribution in [-0.4, -0.2) is 61.7 Å². The van der Waals surface area contributed by atoms with Gasteiger partial charge < -0.3 is 10.2 Å². The third kappa shape index (κ3) is 6.73. The minimum Gasteiger partial charge on any atom is -0.354 e. The van der Waals surface area contributed by atoms with Crippen LogP contribution in [0.3, 0.4) is 0 Å². The van der Waals surface area contributed by atoms with Crippen molar-refractivity contribution in [1.82, 2.24) is 19.9 Å². The van der Waals surface area contributed by atoms with E-state index in [2.05, 4.69) is 25.2 Å². The van der Waals surface area contributed by atoms with E-state index >= 15 is 0 Å². The van der Waals surface area contributed by atoms with Crippen molar-refractivity contribution in [2.45, 2.75) is 15.1 Å². The first kappa shape index (κ1) is 22.1. The highest BCUT2D eigenvalue weighted by atomic mass is 35.6. The van der Waals surface area contributed by atoms with Crippen molar-refractivity contribution in [2.24, 2.45) is 0 Å². The number of benzene rings is 1. The number of aromatic nitrogens is 3. The molecule has 0 saturated carbocycles. The maximum atomic E-state index is 11.6. The van der Waals surface area contributed by atoms with E-state index in [0.717, 1.165) is 19.2 Å². The Bertz CT molecular complexity index is 884. The molecule has 1 aromatic heterocycles. The van der Waals surface area contributed by atoms with E-state index in [-0.39, 0.29) is 22.5 Å². The van der Waals surface area contributed by atoms with Crippen molar-refractivity contribution in [1.29, 1.82) is 0 Å². The van der Waals surface area contributed by atoms with Gasteiger partial charge in [0.15, 0.2) is 21.5 Å². The summed E-state index contributed by atoms with van der Waals surface area (Å²) in [5, 5.41) is 3.10. The van der Waals surface area contributed by atoms with Gasteiger partial charge in [-0.1, -0.05) is 34.8 Å². The highest BCUT2D eigenvalue weighted by Gasteiger charge is 2.28. The zero-order valence-corrected chi connectivity index (χ0v) is 18.2. The van der Waals surface area contributed by atoms with Gasteiger partial charge in [0.25, 0.3) is 0 Å². The molecule has 1 aromatic carbocycles. The number of nitrogens with one attached hydrogen (secondary N) is 1. The summed E-state index contributed by atoms with van der Waals surface area (Å²) in [5.41, 5.74) is 0.580. The molecule has 0 radical (unpaired) electrons. The largest absolute Gasteiger partial charge is 0.354 e. The van der Waals surface area contributed by atoms with Crippen molar-refractivity contribution in [3.05, 3.63) is 30.1 Å². The second-order valence-corrected chi connectivity index (χ2v) is 10.5. The molecule has 0 saturated heterocycles. The van der Waals surface area contributed by atoms with E-state index in [0.29, 0.717) is 12.1 Å². The summed E-state index contributed by atoms with van der Waals surface area (Å²) >= 11 is 17.8. The fourth-order valence-electron chi connectivity index (χ4n) is 2.16. The second-order valence-electron chi connectivity index (χ2n) is 6.18. The van der Waals surface area contributed by atoms with Crippen molar-refractivity contribution < 1.29 is 8.42 Å². The van der Waals surface area contributed by atoms with Crippen LogP contribution in [0.5, 0.6) is 0 Å². The molecule has 2 rings (SSSR count). The molecule has 0 bridgehead atoms. The molecular weight excluding hydrogens is 433 g/mol. The minimum atomic E-state index is -3.30. The molecule has 0 unspecified atom stereocenters.